The van der Waals surface area contributed by atoms with Crippen molar-refractivity contribution in [1.29, 1.82) is 0 Å². The second kappa shape index (κ2) is 20.0. The van der Waals surface area contributed by atoms with Gasteiger partial charge in [-0.1, -0.05) is 20.4 Å². The van der Waals surface area contributed by atoms with E-state index in [0.717, 1.165) is 6.08 Å². The van der Waals surface area contributed by atoms with Gasteiger partial charge in [0, 0.05) is 6.08 Å². The third kappa shape index (κ3) is 29.0. The molecule has 4 atom stereocenters. The van der Waals surface area contributed by atoms with Gasteiger partial charge in [-0.2, -0.15) is 0 Å². The van der Waals surface area contributed by atoms with Crippen molar-refractivity contribution in [3.63, 3.8) is 0 Å². The zero-order valence-corrected chi connectivity index (χ0v) is 15.3. The number of methoxy groups -OCH3 is 1. The molecule has 0 rings (SSSR count). The summed E-state index contributed by atoms with van der Waals surface area (Å²) in [6.07, 6.45) is -0.388. The molecule has 0 aliphatic heterocycles. The van der Waals surface area contributed by atoms with Crippen molar-refractivity contribution in [3.05, 3.63) is 12.7 Å². The molecule has 0 spiro atoms. The Balaban J connectivity index is -0.000000282. The maximum Gasteiger partial charge on any atom is 0.329 e. The lowest BCUT2D eigenvalue weighted by molar-refractivity contribution is -0.208. The van der Waals surface area contributed by atoms with Crippen LogP contribution in [0.1, 0.15) is 40.5 Å². The van der Waals surface area contributed by atoms with E-state index < -0.39 is 30.8 Å². The lowest BCUT2D eigenvalue weighted by Gasteiger charge is -2.13. The van der Waals surface area contributed by atoms with Crippen LogP contribution in [0.5, 0.6) is 0 Å². The summed E-state index contributed by atoms with van der Waals surface area (Å²) in [6, 6.07) is 0. The van der Waals surface area contributed by atoms with Gasteiger partial charge in [-0.3, -0.25) is 0 Å². The minimum absolute atomic E-state index is 0.297. The summed E-state index contributed by atoms with van der Waals surface area (Å²) >= 11 is 0. The van der Waals surface area contributed by atoms with E-state index in [2.05, 4.69) is 16.1 Å². The quantitative estimate of drug-likeness (QED) is 0.269. The summed E-state index contributed by atoms with van der Waals surface area (Å²) in [5.74, 6) is -0.394. The molecule has 0 radical (unpaired) electrons. The molecule has 0 saturated heterocycles. The molecule has 0 fully saturated rings. The largest absolute Gasteiger partial charge is 0.466 e. The van der Waals surface area contributed by atoms with Crippen LogP contribution >= 0.6 is 0 Å². The lowest BCUT2D eigenvalue weighted by atomic mass is 10.4. The highest BCUT2D eigenvalue weighted by Gasteiger charge is 2.05. The highest BCUT2D eigenvalue weighted by atomic mass is 16.7. The molecule has 4 N–H and O–H groups in total. The molecule has 8 heteroatoms. The molecule has 4 unspecified atom stereocenters. The predicted octanol–water partition coefficient (Wildman–Crippen LogP) is 0.570. The zero-order chi connectivity index (χ0) is 19.5. The number of aliphatic hydroxyl groups is 4. The normalized spacial score (nSPS) is 14.7. The van der Waals surface area contributed by atoms with Crippen molar-refractivity contribution in [2.75, 3.05) is 20.3 Å². The summed E-state index contributed by atoms with van der Waals surface area (Å²) in [6.45, 7) is 10.6. The number of ether oxygens (including phenoxy) is 3. The zero-order valence-electron chi connectivity index (χ0n) is 15.3. The number of rotatable bonds is 9. The topological polar surface area (TPSA) is 126 Å². The molecule has 0 heterocycles. The Morgan fingerprint density at radius 1 is 1.00 bits per heavy atom. The van der Waals surface area contributed by atoms with Gasteiger partial charge in [0.1, 0.15) is 0 Å². The number of carbonyl (C=O) groups is 1. The number of esters is 1. The molecule has 0 aliphatic carbocycles. The van der Waals surface area contributed by atoms with Crippen LogP contribution in [0.4, 0.5) is 0 Å². The molecule has 0 aromatic rings. The fourth-order valence-corrected chi connectivity index (χ4v) is 0.866. The van der Waals surface area contributed by atoms with Gasteiger partial charge in [0.25, 0.3) is 0 Å². The van der Waals surface area contributed by atoms with Gasteiger partial charge in [0.2, 0.25) is 0 Å². The number of hydrogen-bond donors (Lipinski definition) is 4. The van der Waals surface area contributed by atoms with E-state index in [-0.39, 0.29) is 0 Å². The molecule has 0 amide bonds. The lowest BCUT2D eigenvalue weighted by Crippen LogP contribution is -2.19. The molecule has 0 saturated carbocycles. The summed E-state index contributed by atoms with van der Waals surface area (Å²) in [4.78, 5) is 9.84. The van der Waals surface area contributed by atoms with Crippen molar-refractivity contribution >= 4 is 5.97 Å². The molecule has 0 bridgehead atoms. The van der Waals surface area contributed by atoms with E-state index in [9.17, 15) is 4.79 Å². The second-order valence-electron chi connectivity index (χ2n) is 4.82. The van der Waals surface area contributed by atoms with Crippen LogP contribution in [-0.2, 0) is 19.0 Å². The Morgan fingerprint density at radius 2 is 1.38 bits per heavy atom. The van der Waals surface area contributed by atoms with Crippen LogP contribution in [-0.4, -0.2) is 71.5 Å². The number of aliphatic hydroxyl groups excluding tert-OH is 4. The van der Waals surface area contributed by atoms with Crippen molar-refractivity contribution in [2.45, 2.75) is 65.3 Å². The summed E-state index contributed by atoms with van der Waals surface area (Å²) in [7, 11) is 1.31. The van der Waals surface area contributed by atoms with Crippen LogP contribution in [0.25, 0.3) is 0 Å². The molecular formula is C16H34O8. The molecule has 146 valence electrons. The van der Waals surface area contributed by atoms with Crippen LogP contribution in [0.3, 0.4) is 0 Å². The Bertz CT molecular complexity index is 265. The third-order valence-electron chi connectivity index (χ3n) is 2.10. The van der Waals surface area contributed by atoms with E-state index in [1.165, 1.54) is 7.11 Å². The maximum atomic E-state index is 9.84. The third-order valence-corrected chi connectivity index (χ3v) is 2.10. The Kier molecular flexibility index (Phi) is 23.2. The highest BCUT2D eigenvalue weighted by molar-refractivity contribution is 5.80. The van der Waals surface area contributed by atoms with Gasteiger partial charge >= 0.3 is 5.97 Å². The van der Waals surface area contributed by atoms with Gasteiger partial charge < -0.3 is 34.6 Å². The van der Waals surface area contributed by atoms with Gasteiger partial charge in [-0.05, 0) is 26.7 Å². The monoisotopic (exact) mass is 354 g/mol. The maximum absolute atomic E-state index is 9.84. The Morgan fingerprint density at radius 3 is 1.54 bits per heavy atom. The molecule has 0 aromatic carbocycles. The first kappa shape index (κ1) is 27.8. The average molecular weight is 354 g/mol. The van der Waals surface area contributed by atoms with Crippen molar-refractivity contribution < 1.29 is 39.4 Å². The number of hydrogen-bond acceptors (Lipinski definition) is 8. The van der Waals surface area contributed by atoms with Crippen molar-refractivity contribution in [3.8, 4) is 0 Å². The van der Waals surface area contributed by atoms with Crippen LogP contribution < -0.4 is 0 Å². The second-order valence-corrected chi connectivity index (χ2v) is 4.82. The van der Waals surface area contributed by atoms with Gasteiger partial charge in [-0.25, -0.2) is 4.79 Å². The molecule has 0 aliphatic rings. The first-order chi connectivity index (χ1) is 11.1. The van der Waals surface area contributed by atoms with E-state index in [0.29, 0.717) is 26.1 Å². The first-order valence-corrected chi connectivity index (χ1v) is 7.80. The SMILES string of the molecule is C=CC(=O)OC.CC(O)COCC(C)O.CCC(O)OC(O)CC. The van der Waals surface area contributed by atoms with Crippen LogP contribution in [0.15, 0.2) is 12.7 Å². The van der Waals surface area contributed by atoms with Gasteiger partial charge in [0.15, 0.2) is 12.6 Å². The van der Waals surface area contributed by atoms with Gasteiger partial charge in [0.05, 0.1) is 32.5 Å². The molecular weight excluding hydrogens is 320 g/mol. The number of carbonyl (C=O) groups excluding carboxylic acids is 1. The summed E-state index contributed by atoms with van der Waals surface area (Å²) < 4.78 is 13.7. The fraction of sp³-hybridized carbons (Fsp3) is 0.812. The first-order valence-electron chi connectivity index (χ1n) is 7.80. The Hall–Kier alpha value is -1.03. The van der Waals surface area contributed by atoms with Gasteiger partial charge in [-0.15, -0.1) is 0 Å². The van der Waals surface area contributed by atoms with E-state index in [1.807, 2.05) is 0 Å². The Labute approximate surface area is 144 Å². The van der Waals surface area contributed by atoms with E-state index in [4.69, 9.17) is 25.2 Å². The predicted molar refractivity (Wildman–Crippen MR) is 90.1 cm³/mol. The van der Waals surface area contributed by atoms with Crippen molar-refractivity contribution in [1.82, 2.24) is 0 Å². The summed E-state index contributed by atoms with van der Waals surface area (Å²) in [5.41, 5.74) is 0. The van der Waals surface area contributed by atoms with Crippen molar-refractivity contribution in [2.24, 2.45) is 0 Å². The van der Waals surface area contributed by atoms with Crippen LogP contribution in [0.2, 0.25) is 0 Å². The van der Waals surface area contributed by atoms with E-state index >= 15 is 0 Å². The average Bonchev–Trinajstić information content (AvgIpc) is 2.54. The summed E-state index contributed by atoms with van der Waals surface area (Å²) in [5, 5.41) is 34.9. The minimum atomic E-state index is -0.819. The standard InChI is InChI=1S/2C6H14O3.C4H6O2/c1-5(7)3-9-4-6(2)8;1-3-5(7)9-6(8)4-2;1-3-4(5)6-2/h2*5-8H,3-4H2,1-2H3;3H,1H2,2H3. The van der Waals surface area contributed by atoms with E-state index in [1.54, 1.807) is 27.7 Å². The smallest absolute Gasteiger partial charge is 0.329 e. The highest BCUT2D eigenvalue weighted by Crippen LogP contribution is 1.99. The minimum Gasteiger partial charge on any atom is -0.466 e. The van der Waals surface area contributed by atoms with Crippen LogP contribution in [0, 0.1) is 0 Å². The molecule has 8 nitrogen and oxygen atoms in total. The molecule has 24 heavy (non-hydrogen) atoms. The fourth-order valence-electron chi connectivity index (χ4n) is 0.866. The molecule has 0 aromatic heterocycles.